The minimum atomic E-state index is -2.64. The van der Waals surface area contributed by atoms with E-state index in [2.05, 4.69) is 20.6 Å². The molecule has 3 aromatic rings. The summed E-state index contributed by atoms with van der Waals surface area (Å²) in [5.41, 5.74) is 2.28. The summed E-state index contributed by atoms with van der Waals surface area (Å²) < 4.78 is 27.3. The number of para-hydroxylation sites is 2. The van der Waals surface area contributed by atoms with E-state index in [4.69, 9.17) is 0 Å². The number of fused-ring (bicyclic) bond motifs is 1. The van der Waals surface area contributed by atoms with Gasteiger partial charge in [-0.2, -0.15) is 0 Å². The van der Waals surface area contributed by atoms with Gasteiger partial charge in [0, 0.05) is 25.8 Å². The smallest absolute Gasteiger partial charge is 0.271 e. The number of aliphatic hydroxyl groups excluding tert-OH is 1. The van der Waals surface area contributed by atoms with Crippen LogP contribution in [0.5, 0.6) is 0 Å². The quantitative estimate of drug-likeness (QED) is 0.367. The first-order chi connectivity index (χ1) is 18.2. The van der Waals surface area contributed by atoms with E-state index in [1.807, 2.05) is 42.5 Å². The minimum Gasteiger partial charge on any atom is -0.391 e. The van der Waals surface area contributed by atoms with Gasteiger partial charge in [-0.1, -0.05) is 42.5 Å². The number of carbonyl (C=O) groups is 2. The molecule has 0 saturated heterocycles. The van der Waals surface area contributed by atoms with Crippen molar-refractivity contribution in [2.75, 3.05) is 7.05 Å². The van der Waals surface area contributed by atoms with Gasteiger partial charge in [-0.25, -0.2) is 13.8 Å². The highest BCUT2D eigenvalue weighted by atomic mass is 19.3. The van der Waals surface area contributed by atoms with E-state index < -0.39 is 29.9 Å². The standard InChI is InChI=1S/C29H34F2N4O3/c1-32-27(37)21(15-20-11-13-29(30,31)14-12-20)17-26(36)24(16-19-7-3-2-4-8-19)35-28(38)25-18-33-22-9-5-6-10-23(22)34-25/h2-10,18,20-21,24,26,36H,11-17H2,1H3,(H,32,37)(H,35,38)/t21-,24+,26+/m1/s1. The van der Waals surface area contributed by atoms with Crippen molar-refractivity contribution in [3.8, 4) is 0 Å². The van der Waals surface area contributed by atoms with Crippen LogP contribution in [0.4, 0.5) is 8.78 Å². The van der Waals surface area contributed by atoms with Gasteiger partial charge in [-0.15, -0.1) is 0 Å². The summed E-state index contributed by atoms with van der Waals surface area (Å²) in [6.45, 7) is 0. The van der Waals surface area contributed by atoms with E-state index in [9.17, 15) is 23.5 Å². The Morgan fingerprint density at radius 2 is 1.71 bits per heavy atom. The number of alkyl halides is 2. The second-order valence-corrected chi connectivity index (χ2v) is 10.2. The molecular weight excluding hydrogens is 490 g/mol. The lowest BCUT2D eigenvalue weighted by Crippen LogP contribution is -2.47. The second kappa shape index (κ2) is 12.4. The number of nitrogens with one attached hydrogen (secondary N) is 2. The molecule has 1 saturated carbocycles. The number of hydrogen-bond acceptors (Lipinski definition) is 5. The number of carbonyl (C=O) groups excluding carboxylic acids is 2. The molecule has 2 aromatic carbocycles. The first-order valence-corrected chi connectivity index (χ1v) is 13.1. The molecule has 2 amide bonds. The highest BCUT2D eigenvalue weighted by Gasteiger charge is 2.37. The molecular formula is C29H34F2N4O3. The largest absolute Gasteiger partial charge is 0.391 e. The van der Waals surface area contributed by atoms with Gasteiger partial charge >= 0.3 is 0 Å². The molecule has 1 heterocycles. The molecule has 3 atom stereocenters. The first kappa shape index (κ1) is 27.6. The van der Waals surface area contributed by atoms with E-state index in [1.165, 1.54) is 13.2 Å². The molecule has 0 aliphatic heterocycles. The maximum atomic E-state index is 13.6. The van der Waals surface area contributed by atoms with Crippen LogP contribution in [0.2, 0.25) is 0 Å². The van der Waals surface area contributed by atoms with E-state index in [1.54, 1.807) is 12.1 Å². The number of aliphatic hydroxyl groups is 1. The summed E-state index contributed by atoms with van der Waals surface area (Å²) in [5.74, 6) is -3.95. The molecule has 7 nitrogen and oxygen atoms in total. The number of amides is 2. The number of benzene rings is 2. The van der Waals surface area contributed by atoms with E-state index in [-0.39, 0.29) is 36.8 Å². The van der Waals surface area contributed by atoms with Gasteiger partial charge in [-0.3, -0.25) is 14.6 Å². The Balaban J connectivity index is 1.50. The number of hydrogen-bond donors (Lipinski definition) is 3. The zero-order chi connectivity index (χ0) is 27.1. The Hall–Kier alpha value is -3.46. The molecule has 0 unspecified atom stereocenters. The zero-order valence-corrected chi connectivity index (χ0v) is 21.4. The van der Waals surface area contributed by atoms with Gasteiger partial charge in [0.25, 0.3) is 5.91 Å². The van der Waals surface area contributed by atoms with E-state index in [0.717, 1.165) is 5.56 Å². The van der Waals surface area contributed by atoms with Crippen LogP contribution in [0, 0.1) is 11.8 Å². The average Bonchev–Trinajstić information content (AvgIpc) is 2.93. The normalized spacial score (nSPS) is 17.9. The minimum absolute atomic E-state index is 0.0147. The molecule has 1 aliphatic rings. The molecule has 0 radical (unpaired) electrons. The molecule has 0 spiro atoms. The van der Waals surface area contributed by atoms with Crippen LogP contribution < -0.4 is 10.6 Å². The van der Waals surface area contributed by atoms with Gasteiger partial charge in [-0.05, 0) is 55.7 Å². The monoisotopic (exact) mass is 524 g/mol. The van der Waals surface area contributed by atoms with Gasteiger partial charge in [0.15, 0.2) is 0 Å². The van der Waals surface area contributed by atoms with Crippen LogP contribution in [-0.4, -0.2) is 52.0 Å². The fourth-order valence-corrected chi connectivity index (χ4v) is 5.17. The van der Waals surface area contributed by atoms with Crippen LogP contribution in [0.3, 0.4) is 0 Å². The highest BCUT2D eigenvalue weighted by Crippen LogP contribution is 2.39. The lowest BCUT2D eigenvalue weighted by Gasteiger charge is -2.32. The molecule has 1 aliphatic carbocycles. The highest BCUT2D eigenvalue weighted by molar-refractivity contribution is 5.94. The Kier molecular flexibility index (Phi) is 8.99. The summed E-state index contributed by atoms with van der Waals surface area (Å²) in [6, 6.07) is 16.0. The summed E-state index contributed by atoms with van der Waals surface area (Å²) in [6.07, 6.45) is 1.52. The fourth-order valence-electron chi connectivity index (χ4n) is 5.17. The summed E-state index contributed by atoms with van der Waals surface area (Å²) in [4.78, 5) is 34.6. The Morgan fingerprint density at radius 3 is 2.39 bits per heavy atom. The molecule has 9 heteroatoms. The van der Waals surface area contributed by atoms with Crippen molar-refractivity contribution in [3.05, 3.63) is 72.1 Å². The predicted octanol–water partition coefficient (Wildman–Crippen LogP) is 4.30. The second-order valence-electron chi connectivity index (χ2n) is 10.2. The maximum absolute atomic E-state index is 13.6. The van der Waals surface area contributed by atoms with Crippen molar-refractivity contribution in [3.63, 3.8) is 0 Å². The third-order valence-electron chi connectivity index (χ3n) is 7.36. The molecule has 4 rings (SSSR count). The zero-order valence-electron chi connectivity index (χ0n) is 21.4. The molecule has 38 heavy (non-hydrogen) atoms. The number of halogens is 2. The molecule has 1 aromatic heterocycles. The first-order valence-electron chi connectivity index (χ1n) is 13.1. The lowest BCUT2D eigenvalue weighted by atomic mass is 9.79. The van der Waals surface area contributed by atoms with Crippen molar-refractivity contribution >= 4 is 22.8 Å². The van der Waals surface area contributed by atoms with Gasteiger partial charge < -0.3 is 15.7 Å². The van der Waals surface area contributed by atoms with Crippen LogP contribution >= 0.6 is 0 Å². The number of rotatable bonds is 10. The Morgan fingerprint density at radius 1 is 1.05 bits per heavy atom. The Labute approximate surface area is 221 Å². The molecule has 3 N–H and O–H groups in total. The maximum Gasteiger partial charge on any atom is 0.271 e. The molecule has 1 fully saturated rings. The number of aromatic nitrogens is 2. The topological polar surface area (TPSA) is 104 Å². The fraction of sp³-hybridized carbons (Fsp3) is 0.448. The van der Waals surface area contributed by atoms with Gasteiger partial charge in [0.1, 0.15) is 5.69 Å². The van der Waals surface area contributed by atoms with Crippen molar-refractivity contribution in [2.24, 2.45) is 11.8 Å². The van der Waals surface area contributed by atoms with Crippen LogP contribution in [0.1, 0.15) is 54.6 Å². The van der Waals surface area contributed by atoms with Crippen molar-refractivity contribution in [1.82, 2.24) is 20.6 Å². The van der Waals surface area contributed by atoms with Gasteiger partial charge in [0.2, 0.25) is 11.8 Å². The number of nitrogens with zero attached hydrogens (tertiary/aromatic N) is 2. The van der Waals surface area contributed by atoms with Crippen LogP contribution in [0.25, 0.3) is 11.0 Å². The van der Waals surface area contributed by atoms with Gasteiger partial charge in [0.05, 0.1) is 29.4 Å². The average molecular weight is 525 g/mol. The van der Waals surface area contributed by atoms with Crippen molar-refractivity contribution in [1.29, 1.82) is 0 Å². The van der Waals surface area contributed by atoms with E-state index >= 15 is 0 Å². The van der Waals surface area contributed by atoms with Crippen molar-refractivity contribution < 1.29 is 23.5 Å². The summed E-state index contributed by atoms with van der Waals surface area (Å²) in [5, 5.41) is 16.9. The van der Waals surface area contributed by atoms with E-state index in [0.29, 0.717) is 36.7 Å². The molecule has 0 bridgehead atoms. The van der Waals surface area contributed by atoms with Crippen LogP contribution in [0.15, 0.2) is 60.8 Å². The van der Waals surface area contributed by atoms with Crippen molar-refractivity contribution in [2.45, 2.75) is 63.0 Å². The third kappa shape index (κ3) is 7.31. The lowest BCUT2D eigenvalue weighted by molar-refractivity contribution is -0.126. The third-order valence-corrected chi connectivity index (χ3v) is 7.36. The predicted molar refractivity (Wildman–Crippen MR) is 141 cm³/mol. The summed E-state index contributed by atoms with van der Waals surface area (Å²) >= 11 is 0. The van der Waals surface area contributed by atoms with Crippen LogP contribution in [-0.2, 0) is 11.2 Å². The summed E-state index contributed by atoms with van der Waals surface area (Å²) in [7, 11) is 1.53. The molecule has 202 valence electrons. The SMILES string of the molecule is CNC(=O)[C@H](CC1CCC(F)(F)CC1)C[C@H](O)[C@H](Cc1ccccc1)NC(=O)c1cnc2ccccc2n1. The Bertz CT molecular complexity index is 1230.